The summed E-state index contributed by atoms with van der Waals surface area (Å²) in [4.78, 5) is 13.8. The van der Waals surface area contributed by atoms with Gasteiger partial charge in [-0.25, -0.2) is 9.97 Å². The largest absolute Gasteiger partial charge is 0.396 e. The van der Waals surface area contributed by atoms with Gasteiger partial charge in [0.15, 0.2) is 0 Å². The third kappa shape index (κ3) is 2.84. The van der Waals surface area contributed by atoms with Crippen molar-refractivity contribution in [2.45, 2.75) is 45.1 Å². The number of fused-ring (bicyclic) bond motifs is 1. The second-order valence-electron chi connectivity index (χ2n) is 6.96. The number of hydrogen-bond acceptors (Lipinski definition) is 5. The van der Waals surface area contributed by atoms with Gasteiger partial charge in [-0.3, -0.25) is 0 Å². The number of likely N-dealkylation sites (tertiary alicyclic amines) is 1. The summed E-state index contributed by atoms with van der Waals surface area (Å²) in [6.07, 6.45) is 9.45. The van der Waals surface area contributed by atoms with Gasteiger partial charge in [-0.2, -0.15) is 0 Å². The standard InChI is InChI=1S/C17H28N4O/c1-3-5-14-10-18-16(19-11-14)21-9-7-17(13-22)6-4-8-20(2)15(17)12-21/h10-11,15,22H,3-9,12-13H2,1-2H3/t15-,17-/m1/s1. The molecule has 0 spiro atoms. The second kappa shape index (κ2) is 6.50. The SMILES string of the molecule is CCCc1cnc(N2CC[C@@]3(CO)CCCN(C)[C@@H]3C2)nc1. The van der Waals surface area contributed by atoms with Crippen molar-refractivity contribution < 1.29 is 5.11 Å². The summed E-state index contributed by atoms with van der Waals surface area (Å²) in [5.74, 6) is 0.838. The highest BCUT2D eigenvalue weighted by Crippen LogP contribution is 2.41. The number of rotatable bonds is 4. The fourth-order valence-corrected chi connectivity index (χ4v) is 4.13. The minimum absolute atomic E-state index is 0.0751. The van der Waals surface area contributed by atoms with E-state index in [2.05, 4.69) is 33.7 Å². The van der Waals surface area contributed by atoms with Crippen LogP contribution in [0.1, 0.15) is 38.2 Å². The average Bonchev–Trinajstić information content (AvgIpc) is 2.56. The molecular weight excluding hydrogens is 276 g/mol. The molecule has 0 bridgehead atoms. The Balaban J connectivity index is 1.74. The molecule has 0 unspecified atom stereocenters. The van der Waals surface area contributed by atoms with Crippen molar-refractivity contribution in [3.8, 4) is 0 Å². The zero-order chi connectivity index (χ0) is 15.6. The Hall–Kier alpha value is -1.20. The lowest BCUT2D eigenvalue weighted by Crippen LogP contribution is -2.61. The quantitative estimate of drug-likeness (QED) is 0.918. The summed E-state index contributed by atoms with van der Waals surface area (Å²) in [5.41, 5.74) is 1.29. The molecular formula is C17H28N4O. The van der Waals surface area contributed by atoms with E-state index in [1.807, 2.05) is 12.4 Å². The summed E-state index contributed by atoms with van der Waals surface area (Å²) in [6, 6.07) is 0.402. The fourth-order valence-electron chi connectivity index (χ4n) is 4.13. The monoisotopic (exact) mass is 304 g/mol. The van der Waals surface area contributed by atoms with E-state index in [-0.39, 0.29) is 5.41 Å². The van der Waals surface area contributed by atoms with E-state index in [4.69, 9.17) is 0 Å². The normalized spacial score (nSPS) is 29.4. The average molecular weight is 304 g/mol. The molecule has 2 saturated heterocycles. The topological polar surface area (TPSA) is 52.5 Å². The van der Waals surface area contributed by atoms with Crippen molar-refractivity contribution in [1.82, 2.24) is 14.9 Å². The number of likely N-dealkylation sites (N-methyl/N-ethyl adjacent to an activating group) is 1. The lowest BCUT2D eigenvalue weighted by molar-refractivity contribution is -0.0278. The van der Waals surface area contributed by atoms with Gasteiger partial charge in [0.1, 0.15) is 0 Å². The van der Waals surface area contributed by atoms with E-state index in [9.17, 15) is 5.11 Å². The highest BCUT2D eigenvalue weighted by molar-refractivity contribution is 5.32. The van der Waals surface area contributed by atoms with Crippen molar-refractivity contribution in [3.05, 3.63) is 18.0 Å². The van der Waals surface area contributed by atoms with Crippen LogP contribution in [-0.4, -0.2) is 59.3 Å². The predicted molar refractivity (Wildman–Crippen MR) is 88.0 cm³/mol. The summed E-state index contributed by atoms with van der Waals surface area (Å²) >= 11 is 0. The van der Waals surface area contributed by atoms with Crippen LogP contribution >= 0.6 is 0 Å². The van der Waals surface area contributed by atoms with E-state index in [0.29, 0.717) is 12.6 Å². The smallest absolute Gasteiger partial charge is 0.225 e. The number of nitrogens with zero attached hydrogens (tertiary/aromatic N) is 4. The molecule has 1 aromatic heterocycles. The second-order valence-corrected chi connectivity index (χ2v) is 6.96. The van der Waals surface area contributed by atoms with E-state index in [1.54, 1.807) is 0 Å². The molecule has 2 atom stereocenters. The molecule has 122 valence electrons. The first-order valence-corrected chi connectivity index (χ1v) is 8.55. The summed E-state index contributed by atoms with van der Waals surface area (Å²) in [6.45, 7) is 5.46. The summed E-state index contributed by atoms with van der Waals surface area (Å²) < 4.78 is 0. The van der Waals surface area contributed by atoms with Crippen molar-refractivity contribution in [2.75, 3.05) is 38.2 Å². The van der Waals surface area contributed by atoms with Crippen LogP contribution in [0, 0.1) is 5.41 Å². The summed E-state index contributed by atoms with van der Waals surface area (Å²) in [5, 5.41) is 9.97. The molecule has 0 saturated carbocycles. The highest BCUT2D eigenvalue weighted by Gasteiger charge is 2.46. The molecule has 1 aromatic rings. The Morgan fingerprint density at radius 1 is 1.27 bits per heavy atom. The van der Waals surface area contributed by atoms with Crippen molar-refractivity contribution in [2.24, 2.45) is 5.41 Å². The minimum atomic E-state index is 0.0751. The minimum Gasteiger partial charge on any atom is -0.396 e. The molecule has 0 radical (unpaired) electrons. The van der Waals surface area contributed by atoms with Crippen LogP contribution in [0.5, 0.6) is 0 Å². The molecule has 3 rings (SSSR count). The number of piperidine rings is 2. The number of aliphatic hydroxyl groups is 1. The molecule has 2 aliphatic heterocycles. The number of aryl methyl sites for hydroxylation is 1. The third-order valence-electron chi connectivity index (χ3n) is 5.53. The lowest BCUT2D eigenvalue weighted by atomic mass is 9.69. The van der Waals surface area contributed by atoms with Crippen LogP contribution in [0.3, 0.4) is 0 Å². The van der Waals surface area contributed by atoms with E-state index in [0.717, 1.165) is 51.3 Å². The van der Waals surface area contributed by atoms with Crippen LogP contribution in [0.25, 0.3) is 0 Å². The van der Waals surface area contributed by atoms with E-state index < -0.39 is 0 Å². The Morgan fingerprint density at radius 2 is 2.05 bits per heavy atom. The molecule has 0 aromatic carbocycles. The molecule has 22 heavy (non-hydrogen) atoms. The van der Waals surface area contributed by atoms with Gasteiger partial charge in [-0.05, 0) is 44.8 Å². The van der Waals surface area contributed by atoms with Gasteiger partial charge < -0.3 is 14.9 Å². The van der Waals surface area contributed by atoms with Gasteiger partial charge in [-0.15, -0.1) is 0 Å². The molecule has 1 N–H and O–H groups in total. The van der Waals surface area contributed by atoms with Crippen LogP contribution < -0.4 is 4.90 Å². The van der Waals surface area contributed by atoms with E-state index in [1.165, 1.54) is 12.0 Å². The van der Waals surface area contributed by atoms with Crippen LogP contribution in [-0.2, 0) is 6.42 Å². The maximum absolute atomic E-state index is 9.97. The fraction of sp³-hybridized carbons (Fsp3) is 0.765. The van der Waals surface area contributed by atoms with Gasteiger partial charge in [-0.1, -0.05) is 13.3 Å². The van der Waals surface area contributed by atoms with Gasteiger partial charge in [0, 0.05) is 36.9 Å². The number of hydrogen-bond donors (Lipinski definition) is 1. The molecule has 2 aliphatic rings. The first-order valence-electron chi connectivity index (χ1n) is 8.55. The Bertz CT molecular complexity index is 492. The lowest BCUT2D eigenvalue weighted by Gasteiger charge is -2.53. The highest BCUT2D eigenvalue weighted by atomic mass is 16.3. The van der Waals surface area contributed by atoms with Gasteiger partial charge in [0.25, 0.3) is 0 Å². The maximum Gasteiger partial charge on any atom is 0.225 e. The number of aromatic nitrogens is 2. The van der Waals surface area contributed by atoms with Crippen molar-refractivity contribution >= 4 is 5.95 Å². The molecule has 2 fully saturated rings. The predicted octanol–water partition coefficient (Wildman–Crippen LogP) is 1.71. The van der Waals surface area contributed by atoms with E-state index >= 15 is 0 Å². The van der Waals surface area contributed by atoms with Gasteiger partial charge >= 0.3 is 0 Å². The molecule has 0 aliphatic carbocycles. The number of aliphatic hydroxyl groups excluding tert-OH is 1. The van der Waals surface area contributed by atoms with Crippen LogP contribution in [0.2, 0.25) is 0 Å². The zero-order valence-corrected chi connectivity index (χ0v) is 13.8. The Kier molecular flexibility index (Phi) is 4.64. The maximum atomic E-state index is 9.97. The van der Waals surface area contributed by atoms with Crippen LogP contribution in [0.15, 0.2) is 12.4 Å². The first kappa shape index (κ1) is 15.7. The number of anilines is 1. The van der Waals surface area contributed by atoms with Crippen molar-refractivity contribution in [1.29, 1.82) is 0 Å². The molecule has 3 heterocycles. The first-order chi connectivity index (χ1) is 10.7. The Morgan fingerprint density at radius 3 is 2.73 bits per heavy atom. The molecule has 5 nitrogen and oxygen atoms in total. The van der Waals surface area contributed by atoms with Gasteiger partial charge in [0.05, 0.1) is 6.61 Å². The van der Waals surface area contributed by atoms with Crippen LogP contribution in [0.4, 0.5) is 5.95 Å². The molecule has 0 amide bonds. The third-order valence-corrected chi connectivity index (χ3v) is 5.53. The van der Waals surface area contributed by atoms with Crippen molar-refractivity contribution in [3.63, 3.8) is 0 Å². The molecule has 5 heteroatoms. The zero-order valence-electron chi connectivity index (χ0n) is 13.8. The Labute approximate surface area is 133 Å². The summed E-state index contributed by atoms with van der Waals surface area (Å²) in [7, 11) is 2.18. The van der Waals surface area contributed by atoms with Gasteiger partial charge in [0.2, 0.25) is 5.95 Å².